The van der Waals surface area contributed by atoms with E-state index < -0.39 is 11.6 Å². The monoisotopic (exact) mass is 707 g/mol. The molecule has 3 aromatic carbocycles. The molecule has 49 heavy (non-hydrogen) atoms. The van der Waals surface area contributed by atoms with Crippen molar-refractivity contribution in [3.05, 3.63) is 93.5 Å². The maximum atomic E-state index is 15.0. The van der Waals surface area contributed by atoms with E-state index in [4.69, 9.17) is 42.4 Å². The predicted octanol–water partition coefficient (Wildman–Crippen LogP) is 6.10. The number of amidine groups is 1. The summed E-state index contributed by atoms with van der Waals surface area (Å²) in [6.07, 6.45) is -0.139. The summed E-state index contributed by atoms with van der Waals surface area (Å²) in [5.74, 6) is 1.78. The van der Waals surface area contributed by atoms with Crippen molar-refractivity contribution in [2.45, 2.75) is 38.5 Å². The molecule has 3 aliphatic rings. The van der Waals surface area contributed by atoms with Gasteiger partial charge in [-0.25, -0.2) is 4.79 Å². The Bertz CT molecular complexity index is 1670. The third kappa shape index (κ3) is 7.52. The number of aliphatic imine (C=N–C) groups is 1. The highest BCUT2D eigenvalue weighted by atomic mass is 35.5. The molecular weight excluding hydrogens is 665 g/mol. The Labute approximate surface area is 298 Å². The van der Waals surface area contributed by atoms with E-state index in [0.717, 1.165) is 11.1 Å². The summed E-state index contributed by atoms with van der Waals surface area (Å²) in [6.45, 7) is 10.7. The lowest BCUT2D eigenvalue weighted by Crippen LogP contribution is -2.56. The van der Waals surface area contributed by atoms with Gasteiger partial charge in [0.15, 0.2) is 0 Å². The van der Waals surface area contributed by atoms with Crippen LogP contribution in [0, 0.1) is 0 Å². The fourth-order valence-corrected chi connectivity index (χ4v) is 7.00. The third-order valence-corrected chi connectivity index (χ3v) is 9.84. The molecule has 260 valence electrons. The molecule has 3 aromatic rings. The number of morpholine rings is 1. The number of ether oxygens (including phenoxy) is 3. The van der Waals surface area contributed by atoms with E-state index in [9.17, 15) is 9.59 Å². The maximum Gasteiger partial charge on any atom is 0.326 e. The van der Waals surface area contributed by atoms with Gasteiger partial charge < -0.3 is 24.0 Å². The Morgan fingerprint density at radius 1 is 0.898 bits per heavy atom. The van der Waals surface area contributed by atoms with Crippen molar-refractivity contribution in [2.75, 3.05) is 66.1 Å². The van der Waals surface area contributed by atoms with Crippen molar-refractivity contribution >= 4 is 41.0 Å². The molecular formula is C37H43Cl2N5O5. The van der Waals surface area contributed by atoms with Crippen LogP contribution < -0.4 is 9.47 Å². The first-order valence-electron chi connectivity index (χ1n) is 16.7. The number of urea groups is 1. The van der Waals surface area contributed by atoms with Crippen LogP contribution in [0.2, 0.25) is 10.0 Å². The van der Waals surface area contributed by atoms with Gasteiger partial charge in [-0.05, 0) is 68.3 Å². The lowest BCUT2D eigenvalue weighted by Gasteiger charge is -2.41. The number of amides is 3. The first-order valence-corrected chi connectivity index (χ1v) is 17.5. The van der Waals surface area contributed by atoms with Gasteiger partial charge >= 0.3 is 6.03 Å². The molecule has 12 heteroatoms. The second kappa shape index (κ2) is 15.0. The Morgan fingerprint density at radius 3 is 2.14 bits per heavy atom. The molecule has 3 heterocycles. The average molecular weight is 709 g/mol. The maximum absolute atomic E-state index is 15.0. The van der Waals surface area contributed by atoms with Gasteiger partial charge in [-0.1, -0.05) is 47.5 Å². The molecule has 10 nitrogen and oxygen atoms in total. The van der Waals surface area contributed by atoms with E-state index in [1.165, 1.54) is 0 Å². The SMILES string of the molecule is COc1ccc(C2=N[C@@](C)(c3ccc(Cl)cc3)[C@@H](c3ccc(Cl)cc3)N2C(=O)N2CCN(CC(=O)N3CCOCC3)CC2)c(OC(C)C)c1. The van der Waals surface area contributed by atoms with Crippen LogP contribution in [-0.4, -0.2) is 110 Å². The van der Waals surface area contributed by atoms with Crippen LogP contribution in [0.1, 0.15) is 43.5 Å². The Balaban J connectivity index is 1.39. The van der Waals surface area contributed by atoms with Crippen LogP contribution in [0.25, 0.3) is 0 Å². The summed E-state index contributed by atoms with van der Waals surface area (Å²) in [7, 11) is 1.61. The van der Waals surface area contributed by atoms with Gasteiger partial charge in [-0.15, -0.1) is 0 Å². The van der Waals surface area contributed by atoms with Crippen LogP contribution in [0.15, 0.2) is 71.7 Å². The lowest BCUT2D eigenvalue weighted by atomic mass is 9.81. The van der Waals surface area contributed by atoms with E-state index in [2.05, 4.69) is 4.90 Å². The second-order valence-corrected chi connectivity index (χ2v) is 13.9. The molecule has 0 aliphatic carbocycles. The van der Waals surface area contributed by atoms with Gasteiger partial charge in [-0.2, -0.15) is 0 Å². The number of rotatable bonds is 8. The van der Waals surface area contributed by atoms with Crippen LogP contribution in [0.4, 0.5) is 4.79 Å². The summed E-state index contributed by atoms with van der Waals surface area (Å²) in [4.78, 5) is 41.0. The molecule has 0 unspecified atom stereocenters. The number of carbonyl (C=O) groups is 2. The first-order chi connectivity index (χ1) is 23.6. The minimum Gasteiger partial charge on any atom is -0.497 e. The van der Waals surface area contributed by atoms with Crippen molar-refractivity contribution in [1.29, 1.82) is 0 Å². The number of piperazine rings is 1. The van der Waals surface area contributed by atoms with E-state index >= 15 is 0 Å². The fourth-order valence-electron chi connectivity index (χ4n) is 6.75. The summed E-state index contributed by atoms with van der Waals surface area (Å²) < 4.78 is 17.3. The minimum atomic E-state index is -0.912. The van der Waals surface area contributed by atoms with Gasteiger partial charge in [-0.3, -0.25) is 19.6 Å². The zero-order chi connectivity index (χ0) is 34.7. The summed E-state index contributed by atoms with van der Waals surface area (Å²) in [6, 6.07) is 20.1. The highest BCUT2D eigenvalue weighted by Gasteiger charge is 2.52. The van der Waals surface area contributed by atoms with Crippen LogP contribution in [0.3, 0.4) is 0 Å². The molecule has 3 amide bonds. The highest BCUT2D eigenvalue weighted by molar-refractivity contribution is 6.30. The molecule has 0 bridgehead atoms. The standard InChI is InChI=1S/C37H43Cl2N5O5/c1-25(2)49-32-23-30(47-4)13-14-31(32)35-40-37(3,27-7-11-29(39)12-8-27)34(26-5-9-28(38)10-6-26)44(35)36(46)43-17-15-41(16-18-43)24-33(45)42-19-21-48-22-20-42/h5-14,23,25,34H,15-22,24H2,1-4H3/t34-,37+/m1/s1. The number of benzene rings is 3. The number of carbonyl (C=O) groups excluding carboxylic acids is 2. The van der Waals surface area contributed by atoms with E-state index in [0.29, 0.717) is 92.0 Å². The van der Waals surface area contributed by atoms with Crippen LogP contribution in [0.5, 0.6) is 11.5 Å². The van der Waals surface area contributed by atoms with Crippen molar-refractivity contribution < 1.29 is 23.8 Å². The van der Waals surface area contributed by atoms with Crippen LogP contribution in [-0.2, 0) is 15.1 Å². The molecule has 3 aliphatic heterocycles. The topological polar surface area (TPSA) is 87.2 Å². The van der Waals surface area contributed by atoms with Crippen molar-refractivity contribution in [3.63, 3.8) is 0 Å². The Kier molecular flexibility index (Phi) is 10.7. The van der Waals surface area contributed by atoms with Gasteiger partial charge in [0, 0.05) is 55.4 Å². The quantitative estimate of drug-likeness (QED) is 0.281. The smallest absolute Gasteiger partial charge is 0.326 e. The molecule has 0 spiro atoms. The number of halogens is 2. The lowest BCUT2D eigenvalue weighted by molar-refractivity contribution is -0.136. The van der Waals surface area contributed by atoms with Crippen LogP contribution >= 0.6 is 23.2 Å². The Hall–Kier alpha value is -3.83. The average Bonchev–Trinajstić information content (AvgIpc) is 3.42. The normalized spacial score (nSPS) is 21.6. The molecule has 2 atom stereocenters. The van der Waals surface area contributed by atoms with Crippen molar-refractivity contribution in [1.82, 2.24) is 19.6 Å². The molecule has 2 saturated heterocycles. The van der Waals surface area contributed by atoms with Gasteiger partial charge in [0.1, 0.15) is 22.9 Å². The predicted molar refractivity (Wildman–Crippen MR) is 191 cm³/mol. The molecule has 0 radical (unpaired) electrons. The largest absolute Gasteiger partial charge is 0.497 e. The number of hydrogen-bond acceptors (Lipinski definition) is 7. The fraction of sp³-hybridized carbons (Fsp3) is 0.432. The summed E-state index contributed by atoms with van der Waals surface area (Å²) in [5, 5.41) is 1.21. The van der Waals surface area contributed by atoms with E-state index in [1.807, 2.05) is 97.3 Å². The van der Waals surface area contributed by atoms with Gasteiger partial charge in [0.2, 0.25) is 5.91 Å². The van der Waals surface area contributed by atoms with Crippen molar-refractivity contribution in [3.8, 4) is 11.5 Å². The minimum absolute atomic E-state index is 0.0933. The van der Waals surface area contributed by atoms with E-state index in [-0.39, 0.29) is 18.0 Å². The molecule has 0 aromatic heterocycles. The van der Waals surface area contributed by atoms with Crippen molar-refractivity contribution in [2.24, 2.45) is 4.99 Å². The zero-order valence-corrected chi connectivity index (χ0v) is 29.9. The summed E-state index contributed by atoms with van der Waals surface area (Å²) in [5.41, 5.74) is 1.54. The Morgan fingerprint density at radius 2 is 1.53 bits per heavy atom. The molecule has 6 rings (SSSR count). The third-order valence-electron chi connectivity index (χ3n) is 9.34. The zero-order valence-electron chi connectivity index (χ0n) is 28.4. The molecule has 2 fully saturated rings. The molecule has 0 saturated carbocycles. The number of nitrogens with zero attached hydrogens (tertiary/aromatic N) is 5. The number of methoxy groups -OCH3 is 1. The number of hydrogen-bond donors (Lipinski definition) is 0. The summed E-state index contributed by atoms with van der Waals surface area (Å²) >= 11 is 12.7. The van der Waals surface area contributed by atoms with Gasteiger partial charge in [0.25, 0.3) is 0 Å². The molecule has 0 N–H and O–H groups in total. The first kappa shape index (κ1) is 35.0. The highest BCUT2D eigenvalue weighted by Crippen LogP contribution is 2.50. The second-order valence-electron chi connectivity index (χ2n) is 13.0. The van der Waals surface area contributed by atoms with E-state index in [1.54, 1.807) is 12.0 Å². The van der Waals surface area contributed by atoms with Gasteiger partial charge in [0.05, 0.1) is 44.6 Å².